The first-order valence-corrected chi connectivity index (χ1v) is 5.92. The Hall–Kier alpha value is -1.91. The van der Waals surface area contributed by atoms with E-state index in [4.69, 9.17) is 4.74 Å². The number of nitrogens with zero attached hydrogens (tertiary/aromatic N) is 3. The van der Waals surface area contributed by atoms with Gasteiger partial charge in [-0.2, -0.15) is 0 Å². The van der Waals surface area contributed by atoms with Crippen LogP contribution in [0.15, 0.2) is 34.6 Å². The lowest BCUT2D eigenvalue weighted by molar-refractivity contribution is 0.0601. The molecule has 0 saturated carbocycles. The highest BCUT2D eigenvalue weighted by molar-refractivity contribution is 5.94. The Labute approximate surface area is 107 Å². The number of hydrogen-bond donors (Lipinski definition) is 0. The molecule has 1 unspecified atom stereocenters. The molecule has 0 aliphatic rings. The van der Waals surface area contributed by atoms with Crippen molar-refractivity contribution in [3.05, 3.63) is 29.8 Å². The van der Waals surface area contributed by atoms with Crippen molar-refractivity contribution in [2.24, 2.45) is 10.3 Å². The van der Waals surface area contributed by atoms with E-state index < -0.39 is 5.97 Å². The first kappa shape index (κ1) is 14.2. The summed E-state index contributed by atoms with van der Waals surface area (Å²) in [6, 6.07) is 7.29. The summed E-state index contributed by atoms with van der Waals surface area (Å²) < 4.78 is 4.70. The fourth-order valence-electron chi connectivity index (χ4n) is 1.31. The summed E-state index contributed by atoms with van der Waals surface area (Å²) in [7, 11) is 3.21. The standard InChI is InChI=1S/C13H19N3O2/c1-5-10(2)16(3)15-14-12-9-7-6-8-11(12)13(17)18-4/h6-10H,5H2,1-4H3. The topological polar surface area (TPSA) is 54.3 Å². The van der Waals surface area contributed by atoms with Gasteiger partial charge in [0.15, 0.2) is 0 Å². The van der Waals surface area contributed by atoms with Crippen LogP contribution in [0.1, 0.15) is 30.6 Å². The normalized spacial score (nSPS) is 12.4. The molecule has 0 fully saturated rings. The minimum Gasteiger partial charge on any atom is -0.465 e. The minimum atomic E-state index is -0.407. The van der Waals surface area contributed by atoms with Gasteiger partial charge in [-0.1, -0.05) is 24.3 Å². The van der Waals surface area contributed by atoms with Gasteiger partial charge in [-0.3, -0.25) is 5.01 Å². The molecule has 0 aliphatic heterocycles. The van der Waals surface area contributed by atoms with Crippen LogP contribution in [-0.4, -0.2) is 31.2 Å². The number of hydrogen-bond acceptors (Lipinski definition) is 4. The van der Waals surface area contributed by atoms with Gasteiger partial charge in [-0.05, 0) is 25.5 Å². The Bertz CT molecular complexity index is 432. The summed E-state index contributed by atoms with van der Waals surface area (Å²) in [5.41, 5.74) is 0.931. The first-order valence-electron chi connectivity index (χ1n) is 5.92. The van der Waals surface area contributed by atoms with Crippen LogP contribution in [0.2, 0.25) is 0 Å². The zero-order valence-electron chi connectivity index (χ0n) is 11.3. The van der Waals surface area contributed by atoms with E-state index in [1.165, 1.54) is 7.11 Å². The highest BCUT2D eigenvalue weighted by Crippen LogP contribution is 2.20. The largest absolute Gasteiger partial charge is 0.465 e. The Morgan fingerprint density at radius 3 is 2.72 bits per heavy atom. The maximum atomic E-state index is 11.5. The monoisotopic (exact) mass is 249 g/mol. The van der Waals surface area contributed by atoms with Gasteiger partial charge in [0.05, 0.1) is 12.7 Å². The molecule has 0 saturated heterocycles. The zero-order chi connectivity index (χ0) is 13.5. The van der Waals surface area contributed by atoms with Crippen molar-refractivity contribution in [1.29, 1.82) is 0 Å². The minimum absolute atomic E-state index is 0.305. The third-order valence-corrected chi connectivity index (χ3v) is 2.83. The predicted molar refractivity (Wildman–Crippen MR) is 69.8 cm³/mol. The molecule has 1 rings (SSSR count). The fraction of sp³-hybridized carbons (Fsp3) is 0.462. The molecule has 0 heterocycles. The molecule has 1 aromatic rings. The third kappa shape index (κ3) is 3.55. The Morgan fingerprint density at radius 2 is 2.11 bits per heavy atom. The van der Waals surface area contributed by atoms with Crippen LogP contribution in [-0.2, 0) is 4.74 Å². The Morgan fingerprint density at radius 1 is 1.44 bits per heavy atom. The number of methoxy groups -OCH3 is 1. The van der Waals surface area contributed by atoms with Gasteiger partial charge >= 0.3 is 5.97 Å². The number of ether oxygens (including phenoxy) is 1. The number of esters is 1. The average molecular weight is 249 g/mol. The lowest BCUT2D eigenvalue weighted by Crippen LogP contribution is -2.22. The van der Waals surface area contributed by atoms with E-state index >= 15 is 0 Å². The van der Waals surface area contributed by atoms with Crippen LogP contribution in [0.5, 0.6) is 0 Å². The molecule has 98 valence electrons. The molecule has 0 aromatic heterocycles. The van der Waals surface area contributed by atoms with Crippen LogP contribution in [0.25, 0.3) is 0 Å². The smallest absolute Gasteiger partial charge is 0.340 e. The molecule has 1 atom stereocenters. The second kappa shape index (κ2) is 6.74. The molecule has 0 amide bonds. The molecule has 0 radical (unpaired) electrons. The van der Waals surface area contributed by atoms with Gasteiger partial charge in [0.2, 0.25) is 0 Å². The van der Waals surface area contributed by atoms with Crippen molar-refractivity contribution in [3.8, 4) is 0 Å². The average Bonchev–Trinajstić information content (AvgIpc) is 2.43. The Balaban J connectivity index is 2.90. The summed E-state index contributed by atoms with van der Waals surface area (Å²) in [4.78, 5) is 11.5. The SMILES string of the molecule is CCC(C)N(C)N=Nc1ccccc1C(=O)OC. The molecule has 1 aromatic carbocycles. The molecule has 0 N–H and O–H groups in total. The van der Waals surface area contributed by atoms with Crippen molar-refractivity contribution >= 4 is 11.7 Å². The number of rotatable bonds is 5. The maximum Gasteiger partial charge on any atom is 0.340 e. The second-order valence-electron chi connectivity index (χ2n) is 4.03. The van der Waals surface area contributed by atoms with E-state index in [9.17, 15) is 4.79 Å². The van der Waals surface area contributed by atoms with E-state index in [0.717, 1.165) is 6.42 Å². The summed E-state index contributed by atoms with van der Waals surface area (Å²) in [5, 5.41) is 9.96. The zero-order valence-corrected chi connectivity index (χ0v) is 11.3. The van der Waals surface area contributed by atoms with Crippen molar-refractivity contribution in [1.82, 2.24) is 5.01 Å². The van der Waals surface area contributed by atoms with Gasteiger partial charge < -0.3 is 4.74 Å². The summed E-state index contributed by atoms with van der Waals surface area (Å²) in [6.07, 6.45) is 0.980. The first-order chi connectivity index (χ1) is 8.60. The molecule has 0 aliphatic carbocycles. The van der Waals surface area contributed by atoms with Gasteiger partial charge in [0, 0.05) is 13.1 Å². The van der Waals surface area contributed by atoms with E-state index in [-0.39, 0.29) is 0 Å². The maximum absolute atomic E-state index is 11.5. The number of carbonyl (C=O) groups is 1. The van der Waals surface area contributed by atoms with Crippen molar-refractivity contribution in [2.75, 3.05) is 14.2 Å². The highest BCUT2D eigenvalue weighted by Gasteiger charge is 2.11. The molecule has 5 nitrogen and oxygen atoms in total. The van der Waals surface area contributed by atoms with Crippen LogP contribution in [0.3, 0.4) is 0 Å². The van der Waals surface area contributed by atoms with E-state index in [0.29, 0.717) is 17.3 Å². The quantitative estimate of drug-likeness (QED) is 0.457. The van der Waals surface area contributed by atoms with Gasteiger partial charge in [0.1, 0.15) is 5.69 Å². The van der Waals surface area contributed by atoms with E-state index in [1.54, 1.807) is 23.2 Å². The van der Waals surface area contributed by atoms with Gasteiger partial charge in [-0.25, -0.2) is 4.79 Å². The summed E-state index contributed by atoms with van der Waals surface area (Å²) in [5.74, 6) is -0.407. The van der Waals surface area contributed by atoms with Crippen LogP contribution in [0.4, 0.5) is 5.69 Å². The second-order valence-corrected chi connectivity index (χ2v) is 4.03. The van der Waals surface area contributed by atoms with Crippen molar-refractivity contribution in [3.63, 3.8) is 0 Å². The fourth-order valence-corrected chi connectivity index (χ4v) is 1.31. The molecule has 0 bridgehead atoms. The van der Waals surface area contributed by atoms with Crippen LogP contribution in [0, 0.1) is 0 Å². The lowest BCUT2D eigenvalue weighted by Gasteiger charge is -2.18. The summed E-state index contributed by atoms with van der Waals surface area (Å²) >= 11 is 0. The predicted octanol–water partition coefficient (Wildman–Crippen LogP) is 3.20. The van der Waals surface area contributed by atoms with Crippen molar-refractivity contribution < 1.29 is 9.53 Å². The van der Waals surface area contributed by atoms with Crippen LogP contribution < -0.4 is 0 Å². The lowest BCUT2D eigenvalue weighted by atomic mass is 10.2. The van der Waals surface area contributed by atoms with Gasteiger partial charge in [-0.15, -0.1) is 5.11 Å². The van der Waals surface area contributed by atoms with E-state index in [2.05, 4.69) is 24.2 Å². The molecular weight excluding hydrogens is 230 g/mol. The van der Waals surface area contributed by atoms with Gasteiger partial charge in [0.25, 0.3) is 0 Å². The van der Waals surface area contributed by atoms with E-state index in [1.807, 2.05) is 13.1 Å². The molecule has 0 spiro atoms. The van der Waals surface area contributed by atoms with Crippen LogP contribution >= 0.6 is 0 Å². The van der Waals surface area contributed by atoms with Crippen molar-refractivity contribution in [2.45, 2.75) is 26.3 Å². The molecule has 18 heavy (non-hydrogen) atoms. The molecule has 5 heteroatoms. The molecular formula is C13H19N3O2. The number of carbonyl (C=O) groups excluding carboxylic acids is 1. The highest BCUT2D eigenvalue weighted by atomic mass is 16.5. The third-order valence-electron chi connectivity index (χ3n) is 2.83. The summed E-state index contributed by atoms with van der Waals surface area (Å²) in [6.45, 7) is 4.14. The Kier molecular flexibility index (Phi) is 5.30. The number of benzene rings is 1.